The third kappa shape index (κ3) is 2.84. The number of halogens is 3. The number of hydrogen-bond donors (Lipinski definition) is 1. The van der Waals surface area contributed by atoms with Gasteiger partial charge in [-0.3, -0.25) is 0 Å². The van der Waals surface area contributed by atoms with Crippen LogP contribution in [0.5, 0.6) is 0 Å². The lowest BCUT2D eigenvalue weighted by Gasteiger charge is -2.16. The van der Waals surface area contributed by atoms with Crippen molar-refractivity contribution in [2.24, 2.45) is 5.73 Å². The van der Waals surface area contributed by atoms with E-state index in [0.717, 1.165) is 14.7 Å². The highest BCUT2D eigenvalue weighted by molar-refractivity contribution is 14.1. The van der Waals surface area contributed by atoms with Gasteiger partial charge in [0, 0.05) is 14.2 Å². The van der Waals surface area contributed by atoms with Gasteiger partial charge in [-0.15, -0.1) is 0 Å². The third-order valence-electron chi connectivity index (χ3n) is 2.78. The Hall–Kier alpha value is -0.650. The average molecular weight is 376 g/mol. The Bertz CT molecular complexity index is 535. The van der Waals surface area contributed by atoms with Crippen LogP contribution >= 0.6 is 34.2 Å². The van der Waals surface area contributed by atoms with Crippen molar-refractivity contribution in [3.05, 3.63) is 67.5 Å². The van der Waals surface area contributed by atoms with E-state index in [-0.39, 0.29) is 5.82 Å². The molecule has 2 rings (SSSR count). The van der Waals surface area contributed by atoms with Crippen molar-refractivity contribution < 1.29 is 4.39 Å². The largest absolute Gasteiger partial charge is 0.320 e. The molecule has 2 aromatic carbocycles. The van der Waals surface area contributed by atoms with Crippen LogP contribution in [0.2, 0.25) is 5.02 Å². The Morgan fingerprint density at radius 3 is 2.61 bits per heavy atom. The van der Waals surface area contributed by atoms with Crippen LogP contribution in [0, 0.1) is 16.3 Å². The van der Waals surface area contributed by atoms with Gasteiger partial charge in [-0.1, -0.05) is 29.3 Å². The Labute approximate surface area is 124 Å². The van der Waals surface area contributed by atoms with Crippen molar-refractivity contribution in [3.63, 3.8) is 0 Å². The van der Waals surface area contributed by atoms with Crippen molar-refractivity contribution >= 4 is 34.2 Å². The molecular weight excluding hydrogens is 364 g/mol. The van der Waals surface area contributed by atoms with E-state index in [1.165, 1.54) is 6.07 Å². The highest BCUT2D eigenvalue weighted by atomic mass is 127. The molecule has 0 bridgehead atoms. The van der Waals surface area contributed by atoms with Gasteiger partial charge in [-0.2, -0.15) is 0 Å². The van der Waals surface area contributed by atoms with Crippen molar-refractivity contribution in [3.8, 4) is 0 Å². The van der Waals surface area contributed by atoms with E-state index >= 15 is 0 Å². The lowest BCUT2D eigenvalue weighted by atomic mass is 9.98. The smallest absolute Gasteiger partial charge is 0.128 e. The Balaban J connectivity index is 2.50. The molecule has 94 valence electrons. The van der Waals surface area contributed by atoms with E-state index in [4.69, 9.17) is 17.3 Å². The summed E-state index contributed by atoms with van der Waals surface area (Å²) < 4.78 is 14.8. The number of aryl methyl sites for hydroxylation is 1. The third-order valence-corrected chi connectivity index (χ3v) is 4.00. The normalized spacial score (nSPS) is 12.5. The summed E-state index contributed by atoms with van der Waals surface area (Å²) in [4.78, 5) is 0. The molecule has 0 aromatic heterocycles. The van der Waals surface area contributed by atoms with Crippen LogP contribution in [0.15, 0.2) is 36.4 Å². The molecule has 2 N–H and O–H groups in total. The summed E-state index contributed by atoms with van der Waals surface area (Å²) in [5.41, 5.74) is 8.47. The first-order valence-corrected chi connectivity index (χ1v) is 6.91. The van der Waals surface area contributed by atoms with Gasteiger partial charge in [-0.05, 0) is 59.3 Å². The molecule has 0 radical (unpaired) electrons. The van der Waals surface area contributed by atoms with E-state index in [2.05, 4.69) is 22.6 Å². The molecule has 2 aromatic rings. The molecule has 0 aliphatic carbocycles. The zero-order chi connectivity index (χ0) is 13.3. The van der Waals surface area contributed by atoms with Crippen LogP contribution in [0.1, 0.15) is 22.7 Å². The predicted octanol–water partition coefficient (Wildman–Crippen LogP) is 4.44. The maximum Gasteiger partial charge on any atom is 0.128 e. The number of rotatable bonds is 2. The molecule has 0 aliphatic heterocycles. The summed E-state index contributed by atoms with van der Waals surface area (Å²) in [6.07, 6.45) is 0. The Morgan fingerprint density at radius 1 is 1.17 bits per heavy atom. The molecule has 0 saturated carbocycles. The van der Waals surface area contributed by atoms with Crippen LogP contribution in [0.25, 0.3) is 0 Å². The summed E-state index contributed by atoms with van der Waals surface area (Å²) in [5.74, 6) is -0.288. The summed E-state index contributed by atoms with van der Waals surface area (Å²) in [6.45, 7) is 1.92. The van der Waals surface area contributed by atoms with Crippen LogP contribution in [-0.2, 0) is 0 Å². The fourth-order valence-corrected chi connectivity index (χ4v) is 2.67. The monoisotopic (exact) mass is 375 g/mol. The molecule has 18 heavy (non-hydrogen) atoms. The van der Waals surface area contributed by atoms with Crippen molar-refractivity contribution in [1.29, 1.82) is 0 Å². The molecule has 0 fully saturated rings. The second kappa shape index (κ2) is 5.55. The summed E-state index contributed by atoms with van der Waals surface area (Å²) in [7, 11) is 0. The fraction of sp³-hybridized carbons (Fsp3) is 0.143. The molecule has 0 aliphatic rings. The second-order valence-electron chi connectivity index (χ2n) is 4.17. The highest BCUT2D eigenvalue weighted by Gasteiger charge is 2.16. The van der Waals surface area contributed by atoms with E-state index < -0.39 is 6.04 Å². The number of benzene rings is 2. The number of hydrogen-bond acceptors (Lipinski definition) is 1. The van der Waals surface area contributed by atoms with E-state index in [1.54, 1.807) is 24.3 Å². The zero-order valence-corrected chi connectivity index (χ0v) is 12.7. The summed E-state index contributed by atoms with van der Waals surface area (Å²) in [6, 6.07) is 9.91. The van der Waals surface area contributed by atoms with Crippen molar-refractivity contribution in [1.82, 2.24) is 0 Å². The van der Waals surface area contributed by atoms with E-state index in [1.807, 2.05) is 13.0 Å². The summed E-state index contributed by atoms with van der Waals surface area (Å²) in [5, 5.41) is 0.605. The van der Waals surface area contributed by atoms with E-state index in [0.29, 0.717) is 10.6 Å². The van der Waals surface area contributed by atoms with Crippen LogP contribution in [0.4, 0.5) is 4.39 Å². The average Bonchev–Trinajstić information content (AvgIpc) is 2.34. The lowest BCUT2D eigenvalue weighted by Crippen LogP contribution is -2.15. The van der Waals surface area contributed by atoms with Crippen LogP contribution in [0.3, 0.4) is 0 Å². The van der Waals surface area contributed by atoms with Crippen molar-refractivity contribution in [2.75, 3.05) is 0 Å². The molecule has 1 atom stereocenters. The first kappa shape index (κ1) is 13.8. The Morgan fingerprint density at radius 2 is 1.89 bits per heavy atom. The second-order valence-corrected chi connectivity index (χ2v) is 5.77. The van der Waals surface area contributed by atoms with Crippen LogP contribution < -0.4 is 5.73 Å². The van der Waals surface area contributed by atoms with Gasteiger partial charge in [0.25, 0.3) is 0 Å². The minimum Gasteiger partial charge on any atom is -0.320 e. The van der Waals surface area contributed by atoms with Gasteiger partial charge >= 0.3 is 0 Å². The summed E-state index contributed by atoms with van der Waals surface area (Å²) >= 11 is 8.15. The highest BCUT2D eigenvalue weighted by Crippen LogP contribution is 2.28. The fourth-order valence-electron chi connectivity index (χ4n) is 1.82. The topological polar surface area (TPSA) is 26.0 Å². The van der Waals surface area contributed by atoms with Gasteiger partial charge in [0.05, 0.1) is 6.04 Å². The molecular formula is C14H12ClFIN. The van der Waals surface area contributed by atoms with Gasteiger partial charge in [0.1, 0.15) is 5.82 Å². The Kier molecular flexibility index (Phi) is 4.25. The molecule has 0 saturated heterocycles. The van der Waals surface area contributed by atoms with E-state index in [9.17, 15) is 4.39 Å². The van der Waals surface area contributed by atoms with Crippen molar-refractivity contribution in [2.45, 2.75) is 13.0 Å². The standard InChI is InChI=1S/C14H12ClFIN/c1-8-2-4-12(16)10(6-8)14(18)11-7-9(15)3-5-13(11)17/h2-7,14H,18H2,1H3. The first-order valence-electron chi connectivity index (χ1n) is 5.45. The van der Waals surface area contributed by atoms with Gasteiger partial charge in [-0.25, -0.2) is 4.39 Å². The molecule has 0 spiro atoms. The van der Waals surface area contributed by atoms with Gasteiger partial charge in [0.15, 0.2) is 0 Å². The molecule has 0 heterocycles. The minimum atomic E-state index is -0.504. The minimum absolute atomic E-state index is 0.288. The van der Waals surface area contributed by atoms with Gasteiger partial charge in [0.2, 0.25) is 0 Å². The maximum absolute atomic E-state index is 13.8. The molecule has 0 amide bonds. The lowest BCUT2D eigenvalue weighted by molar-refractivity contribution is 0.598. The SMILES string of the molecule is Cc1ccc(F)c(C(N)c2cc(Cl)ccc2I)c1. The predicted molar refractivity (Wildman–Crippen MR) is 81.3 cm³/mol. The maximum atomic E-state index is 13.8. The van der Waals surface area contributed by atoms with Gasteiger partial charge < -0.3 is 5.73 Å². The quantitative estimate of drug-likeness (QED) is 0.772. The van der Waals surface area contributed by atoms with Crippen LogP contribution in [-0.4, -0.2) is 0 Å². The number of nitrogens with two attached hydrogens (primary N) is 1. The zero-order valence-electron chi connectivity index (χ0n) is 9.75. The molecule has 1 nitrogen and oxygen atoms in total. The molecule has 1 unspecified atom stereocenters. The first-order chi connectivity index (χ1) is 8.49. The molecule has 4 heteroatoms.